The van der Waals surface area contributed by atoms with Crippen LogP contribution in [0.2, 0.25) is 0 Å². The Balaban J connectivity index is 0.000000314. The Bertz CT molecular complexity index is 2330. The van der Waals surface area contributed by atoms with Gasteiger partial charge in [-0.25, -0.2) is 9.59 Å². The lowest BCUT2D eigenvalue weighted by Gasteiger charge is -2.11. The van der Waals surface area contributed by atoms with Crippen LogP contribution in [0.5, 0.6) is 17.2 Å². The van der Waals surface area contributed by atoms with E-state index >= 15 is 0 Å². The summed E-state index contributed by atoms with van der Waals surface area (Å²) in [4.78, 5) is 23.6. The highest BCUT2D eigenvalue weighted by Gasteiger charge is 2.06. The van der Waals surface area contributed by atoms with Crippen molar-refractivity contribution in [2.24, 2.45) is 0 Å². The zero-order chi connectivity index (χ0) is 41.0. The fourth-order valence-electron chi connectivity index (χ4n) is 5.17. The molecule has 7 heteroatoms. The number of benzene rings is 5. The van der Waals surface area contributed by atoms with Gasteiger partial charge < -0.3 is 23.7 Å². The van der Waals surface area contributed by atoms with Gasteiger partial charge >= 0.3 is 11.9 Å². The number of carbonyl (C=O) groups excluding carboxylic acids is 2. The first-order chi connectivity index (χ1) is 27.5. The van der Waals surface area contributed by atoms with Gasteiger partial charge in [-0.05, 0) is 122 Å². The summed E-state index contributed by atoms with van der Waals surface area (Å²) in [5.74, 6) is 11.4. The van der Waals surface area contributed by atoms with E-state index in [1.54, 1.807) is 50.6 Å². The average molecular weight is 777 g/mol. The molecule has 0 heterocycles. The SMILES string of the molecule is C.COc1cc(C#CC(=O)OC/C=C/c2ccc(C)c(C)c2)ccc1C.COc1cc(C#CC(=O)OC/C=C/c2ccc(C)c(C)c2)ccc1OCc1ccccc1. The monoisotopic (exact) mass is 776 g/mol. The molecule has 5 aromatic rings. The van der Waals surface area contributed by atoms with Gasteiger partial charge in [0.15, 0.2) is 11.5 Å². The normalized spacial score (nSPS) is 10.1. The minimum atomic E-state index is -0.585. The van der Waals surface area contributed by atoms with Gasteiger partial charge in [-0.3, -0.25) is 0 Å². The van der Waals surface area contributed by atoms with Crippen LogP contribution in [0.15, 0.2) is 115 Å². The summed E-state index contributed by atoms with van der Waals surface area (Å²) < 4.78 is 26.7. The van der Waals surface area contributed by atoms with Gasteiger partial charge in [0.05, 0.1) is 14.2 Å². The first-order valence-electron chi connectivity index (χ1n) is 18.4. The maximum Gasteiger partial charge on any atom is 0.385 e. The number of methoxy groups -OCH3 is 2. The maximum absolute atomic E-state index is 11.9. The van der Waals surface area contributed by atoms with E-state index in [2.05, 4.69) is 75.6 Å². The van der Waals surface area contributed by atoms with Crippen molar-refractivity contribution in [2.45, 2.75) is 48.7 Å². The molecule has 58 heavy (non-hydrogen) atoms. The number of aryl methyl sites for hydroxylation is 5. The fourth-order valence-corrected chi connectivity index (χ4v) is 5.17. The summed E-state index contributed by atoms with van der Waals surface area (Å²) in [7, 11) is 3.17. The minimum absolute atomic E-state index is 0. The molecular weight excluding hydrogens is 725 g/mol. The summed E-state index contributed by atoms with van der Waals surface area (Å²) in [5.41, 5.74) is 10.5. The highest BCUT2D eigenvalue weighted by Crippen LogP contribution is 2.28. The topological polar surface area (TPSA) is 80.3 Å². The van der Waals surface area contributed by atoms with Gasteiger partial charge in [0, 0.05) is 23.0 Å². The van der Waals surface area contributed by atoms with Gasteiger partial charge in [0.1, 0.15) is 25.6 Å². The Labute approximate surface area is 344 Å². The summed E-state index contributed by atoms with van der Waals surface area (Å²) >= 11 is 0. The third-order valence-corrected chi connectivity index (χ3v) is 8.73. The van der Waals surface area contributed by atoms with Crippen LogP contribution in [0.4, 0.5) is 0 Å². The van der Waals surface area contributed by atoms with Gasteiger partial charge in [-0.2, -0.15) is 0 Å². The molecule has 298 valence electrons. The van der Waals surface area contributed by atoms with E-state index in [0.29, 0.717) is 29.2 Å². The van der Waals surface area contributed by atoms with Crippen molar-refractivity contribution in [1.82, 2.24) is 0 Å². The molecule has 0 atom stereocenters. The Hall–Kier alpha value is -6.96. The average Bonchev–Trinajstić information content (AvgIpc) is 3.22. The Morgan fingerprint density at radius 1 is 0.534 bits per heavy atom. The number of esters is 2. The van der Waals surface area contributed by atoms with E-state index in [4.69, 9.17) is 23.7 Å². The fraction of sp³-hybridized carbons (Fsp3) is 0.216. The summed E-state index contributed by atoms with van der Waals surface area (Å²) in [6.07, 6.45) is 7.45. The lowest BCUT2D eigenvalue weighted by molar-refractivity contribution is -0.136. The quantitative estimate of drug-likeness (QED) is 0.0976. The zero-order valence-electron chi connectivity index (χ0n) is 33.6. The molecule has 5 rings (SSSR count). The van der Waals surface area contributed by atoms with Crippen molar-refractivity contribution in [3.63, 3.8) is 0 Å². The second kappa shape index (κ2) is 23.8. The third-order valence-electron chi connectivity index (χ3n) is 8.73. The predicted octanol–water partition coefficient (Wildman–Crippen LogP) is 10.4. The molecular formula is C51H52O7. The van der Waals surface area contributed by atoms with Gasteiger partial charge in [-0.15, -0.1) is 0 Å². The molecule has 0 radical (unpaired) electrons. The maximum atomic E-state index is 11.9. The smallest absolute Gasteiger partial charge is 0.385 e. The largest absolute Gasteiger partial charge is 0.496 e. The molecule has 5 aromatic carbocycles. The number of ether oxygens (including phenoxy) is 5. The van der Waals surface area contributed by atoms with Crippen molar-refractivity contribution < 1.29 is 33.3 Å². The van der Waals surface area contributed by atoms with Crippen molar-refractivity contribution in [2.75, 3.05) is 27.4 Å². The number of hydrogen-bond donors (Lipinski definition) is 0. The summed E-state index contributed by atoms with van der Waals surface area (Å²) in [5, 5.41) is 0. The molecule has 0 aliphatic heterocycles. The van der Waals surface area contributed by atoms with Crippen LogP contribution in [-0.2, 0) is 25.7 Å². The predicted molar refractivity (Wildman–Crippen MR) is 234 cm³/mol. The summed E-state index contributed by atoms with van der Waals surface area (Å²) in [6, 6.07) is 33.1. The first-order valence-corrected chi connectivity index (χ1v) is 18.4. The van der Waals surface area contributed by atoms with Crippen LogP contribution in [0.3, 0.4) is 0 Å². The molecule has 0 saturated carbocycles. The van der Waals surface area contributed by atoms with E-state index in [1.165, 1.54) is 22.3 Å². The van der Waals surface area contributed by atoms with Crippen LogP contribution in [0, 0.1) is 58.3 Å². The van der Waals surface area contributed by atoms with Gasteiger partial charge in [0.2, 0.25) is 0 Å². The lowest BCUT2D eigenvalue weighted by atomic mass is 10.1. The Morgan fingerprint density at radius 3 is 1.52 bits per heavy atom. The highest BCUT2D eigenvalue weighted by atomic mass is 16.5. The molecule has 0 bridgehead atoms. The molecule has 0 aromatic heterocycles. The van der Waals surface area contributed by atoms with E-state index in [-0.39, 0.29) is 20.6 Å². The number of hydrogen-bond acceptors (Lipinski definition) is 7. The molecule has 0 spiro atoms. The van der Waals surface area contributed by atoms with Crippen LogP contribution in [0.25, 0.3) is 12.2 Å². The summed E-state index contributed by atoms with van der Waals surface area (Å²) in [6.45, 7) is 11.0. The Kier molecular flexibility index (Phi) is 18.7. The molecule has 7 nitrogen and oxygen atoms in total. The highest BCUT2D eigenvalue weighted by molar-refractivity contribution is 5.89. The molecule has 0 amide bonds. The van der Waals surface area contributed by atoms with E-state index in [1.807, 2.05) is 73.7 Å². The standard InChI is InChI=1S/C28H26O4.C22H22O3.CH4/c1-21-11-12-23(18-22(21)2)10-7-17-31-28(29)16-14-24-13-15-26(27(19-24)30-3)32-20-25-8-5-4-6-9-25;1-16-7-9-19(14-18(16)3)6-5-13-25-22(23)12-11-20-10-8-17(2)21(15-20)24-4;/h4-13,15,18-19H,17,20H2,1-3H3;5-10,14-15H,13H2,1-4H3;1H4/b10-7+;6-5+;. The lowest BCUT2D eigenvalue weighted by Crippen LogP contribution is -2.01. The van der Waals surface area contributed by atoms with Crippen molar-refractivity contribution in [1.29, 1.82) is 0 Å². The van der Waals surface area contributed by atoms with E-state index in [0.717, 1.165) is 28.0 Å². The van der Waals surface area contributed by atoms with Crippen molar-refractivity contribution >= 4 is 24.1 Å². The van der Waals surface area contributed by atoms with Crippen LogP contribution in [0.1, 0.15) is 63.1 Å². The van der Waals surface area contributed by atoms with Crippen molar-refractivity contribution in [3.05, 3.63) is 171 Å². The van der Waals surface area contributed by atoms with Gasteiger partial charge in [0.25, 0.3) is 0 Å². The van der Waals surface area contributed by atoms with Gasteiger partial charge in [-0.1, -0.05) is 104 Å². The molecule has 0 unspecified atom stereocenters. The van der Waals surface area contributed by atoms with E-state index in [9.17, 15) is 9.59 Å². The van der Waals surface area contributed by atoms with Crippen LogP contribution >= 0.6 is 0 Å². The number of rotatable bonds is 11. The second-order valence-electron chi connectivity index (χ2n) is 13.0. The molecule has 0 fully saturated rings. The molecule has 0 saturated heterocycles. The van der Waals surface area contributed by atoms with E-state index < -0.39 is 11.9 Å². The zero-order valence-corrected chi connectivity index (χ0v) is 33.6. The minimum Gasteiger partial charge on any atom is -0.496 e. The molecule has 0 aliphatic carbocycles. The van der Waals surface area contributed by atoms with Crippen LogP contribution < -0.4 is 14.2 Å². The van der Waals surface area contributed by atoms with Crippen LogP contribution in [-0.4, -0.2) is 39.4 Å². The molecule has 0 N–H and O–H groups in total. The molecule has 0 aliphatic rings. The third kappa shape index (κ3) is 15.3. The second-order valence-corrected chi connectivity index (χ2v) is 13.0. The Morgan fingerprint density at radius 2 is 1.02 bits per heavy atom. The first kappa shape index (κ1) is 45.4. The number of carbonyl (C=O) groups is 2. The van der Waals surface area contributed by atoms with Crippen molar-refractivity contribution in [3.8, 4) is 40.9 Å².